The average Bonchev–Trinajstić information content (AvgIpc) is 3.29. The maximum absolute atomic E-state index is 5.50. The molecule has 0 spiro atoms. The molecule has 5 aromatic rings. The van der Waals surface area contributed by atoms with Crippen LogP contribution in [-0.4, -0.2) is 11.1 Å². The molecule has 0 atom stereocenters. The minimum atomic E-state index is 0.763. The molecule has 4 aromatic carbocycles. The van der Waals surface area contributed by atoms with Crippen molar-refractivity contribution in [1.29, 1.82) is 0 Å². The van der Waals surface area contributed by atoms with Crippen molar-refractivity contribution in [2.24, 2.45) is 0 Å². The van der Waals surface area contributed by atoms with Gasteiger partial charge in [-0.1, -0.05) is 91.9 Å². The lowest BCUT2D eigenvalue weighted by Crippen LogP contribution is -2.24. The van der Waals surface area contributed by atoms with Gasteiger partial charge >= 0.3 is 0 Å². The maximum Gasteiger partial charge on any atom is 0.0537 e. The SMILES string of the molecule is C#CC=Cc1c(C)n(-c2ccc(-c3ccc(N4CC(C=C)=C(C=C)c5ccccc54)cc3)cc2)c2ccccc12. The number of benzene rings is 4. The highest BCUT2D eigenvalue weighted by Gasteiger charge is 2.22. The molecule has 0 unspecified atom stereocenters. The summed E-state index contributed by atoms with van der Waals surface area (Å²) in [5, 5.41) is 1.19. The summed E-state index contributed by atoms with van der Waals surface area (Å²) in [5.41, 5.74) is 12.8. The number of aromatic nitrogens is 1. The van der Waals surface area contributed by atoms with Gasteiger partial charge in [-0.05, 0) is 77.7 Å². The van der Waals surface area contributed by atoms with Crippen LogP contribution in [0, 0.1) is 19.3 Å². The summed E-state index contributed by atoms with van der Waals surface area (Å²) in [6.45, 7) is 11.0. The molecule has 2 heteroatoms. The van der Waals surface area contributed by atoms with Crippen LogP contribution in [0.15, 0.2) is 134 Å². The monoisotopic (exact) mass is 514 g/mol. The van der Waals surface area contributed by atoms with E-state index in [0.717, 1.165) is 29.1 Å². The van der Waals surface area contributed by atoms with E-state index in [4.69, 9.17) is 6.42 Å². The largest absolute Gasteiger partial charge is 0.336 e. The zero-order valence-corrected chi connectivity index (χ0v) is 22.6. The van der Waals surface area contributed by atoms with Crippen LogP contribution in [0.1, 0.15) is 16.8 Å². The van der Waals surface area contributed by atoms with Crippen molar-refractivity contribution < 1.29 is 0 Å². The number of fused-ring (bicyclic) bond motifs is 2. The van der Waals surface area contributed by atoms with E-state index in [2.05, 4.69) is 133 Å². The number of terminal acetylenes is 1. The van der Waals surface area contributed by atoms with E-state index in [1.807, 2.05) is 18.2 Å². The Kier molecular flexibility index (Phi) is 6.56. The van der Waals surface area contributed by atoms with Crippen molar-refractivity contribution in [1.82, 2.24) is 4.57 Å². The summed E-state index contributed by atoms with van der Waals surface area (Å²) in [4.78, 5) is 2.35. The van der Waals surface area contributed by atoms with Gasteiger partial charge in [0.1, 0.15) is 0 Å². The Balaban J connectivity index is 1.32. The normalized spacial score (nSPS) is 12.9. The molecule has 0 radical (unpaired) electrons. The van der Waals surface area contributed by atoms with Crippen LogP contribution in [-0.2, 0) is 0 Å². The Hall–Kier alpha value is -5.26. The first kappa shape index (κ1) is 25.0. The Morgan fingerprint density at radius 2 is 1.43 bits per heavy atom. The summed E-state index contributed by atoms with van der Waals surface area (Å²) >= 11 is 0. The number of nitrogens with zero attached hydrogens (tertiary/aromatic N) is 2. The molecule has 0 fully saturated rings. The van der Waals surface area contributed by atoms with Crippen LogP contribution in [0.3, 0.4) is 0 Å². The summed E-state index contributed by atoms with van der Waals surface area (Å²) in [7, 11) is 0. The van der Waals surface area contributed by atoms with Crippen LogP contribution >= 0.6 is 0 Å². The molecule has 0 aliphatic carbocycles. The van der Waals surface area contributed by atoms with E-state index in [1.54, 1.807) is 6.08 Å². The number of allylic oxidation sites excluding steroid dienone is 3. The van der Waals surface area contributed by atoms with Gasteiger partial charge in [0, 0.05) is 45.8 Å². The molecule has 0 saturated carbocycles. The fourth-order valence-corrected chi connectivity index (χ4v) is 5.80. The van der Waals surface area contributed by atoms with Gasteiger partial charge < -0.3 is 9.47 Å². The second kappa shape index (κ2) is 10.5. The maximum atomic E-state index is 5.50. The van der Waals surface area contributed by atoms with Crippen molar-refractivity contribution in [3.63, 3.8) is 0 Å². The number of rotatable bonds is 6. The van der Waals surface area contributed by atoms with Gasteiger partial charge in [-0.15, -0.1) is 6.42 Å². The van der Waals surface area contributed by atoms with Crippen LogP contribution in [0.2, 0.25) is 0 Å². The van der Waals surface area contributed by atoms with Gasteiger partial charge in [-0.3, -0.25) is 0 Å². The summed E-state index contributed by atoms with van der Waals surface area (Å²) in [5.74, 6) is 2.62. The second-order valence-corrected chi connectivity index (χ2v) is 9.90. The first-order valence-corrected chi connectivity index (χ1v) is 13.4. The molecule has 2 heterocycles. The first-order chi connectivity index (χ1) is 19.6. The van der Waals surface area contributed by atoms with Gasteiger partial charge in [0.2, 0.25) is 0 Å². The lowest BCUT2D eigenvalue weighted by atomic mass is 9.92. The smallest absolute Gasteiger partial charge is 0.0537 e. The van der Waals surface area contributed by atoms with Crippen molar-refractivity contribution in [3.8, 4) is 29.2 Å². The van der Waals surface area contributed by atoms with Gasteiger partial charge in [0.15, 0.2) is 0 Å². The van der Waals surface area contributed by atoms with Gasteiger partial charge in [0.25, 0.3) is 0 Å². The molecule has 40 heavy (non-hydrogen) atoms. The summed E-state index contributed by atoms with van der Waals surface area (Å²) < 4.78 is 2.30. The predicted octanol–water partition coefficient (Wildman–Crippen LogP) is 9.53. The van der Waals surface area contributed by atoms with Crippen molar-refractivity contribution in [3.05, 3.63) is 151 Å². The van der Waals surface area contributed by atoms with E-state index in [9.17, 15) is 0 Å². The highest BCUT2D eigenvalue weighted by Crippen LogP contribution is 2.40. The Labute approximate surface area is 236 Å². The highest BCUT2D eigenvalue weighted by atomic mass is 15.1. The fraction of sp³-hybridized carbons (Fsp3) is 0.0526. The highest BCUT2D eigenvalue weighted by molar-refractivity contribution is 5.93. The molecular formula is C38H30N2. The third-order valence-electron chi connectivity index (χ3n) is 7.75. The Morgan fingerprint density at radius 3 is 2.10 bits per heavy atom. The Morgan fingerprint density at radius 1 is 0.775 bits per heavy atom. The minimum Gasteiger partial charge on any atom is -0.336 e. The number of anilines is 2. The quantitative estimate of drug-likeness (QED) is 0.205. The molecule has 1 aliphatic rings. The first-order valence-electron chi connectivity index (χ1n) is 13.4. The van der Waals surface area contributed by atoms with E-state index >= 15 is 0 Å². The third kappa shape index (κ3) is 4.19. The number of hydrogen-bond donors (Lipinski definition) is 0. The predicted molar refractivity (Wildman–Crippen MR) is 172 cm³/mol. The molecule has 0 amide bonds. The van der Waals surface area contributed by atoms with E-state index in [1.165, 1.54) is 44.5 Å². The lowest BCUT2D eigenvalue weighted by Gasteiger charge is -2.33. The van der Waals surface area contributed by atoms with E-state index < -0.39 is 0 Å². The molecular weight excluding hydrogens is 484 g/mol. The van der Waals surface area contributed by atoms with Gasteiger partial charge in [-0.25, -0.2) is 0 Å². The van der Waals surface area contributed by atoms with E-state index in [0.29, 0.717) is 0 Å². The van der Waals surface area contributed by atoms with E-state index in [-0.39, 0.29) is 0 Å². The number of hydrogen-bond acceptors (Lipinski definition) is 1. The van der Waals surface area contributed by atoms with Crippen LogP contribution in [0.4, 0.5) is 11.4 Å². The van der Waals surface area contributed by atoms with Crippen LogP contribution in [0.25, 0.3) is 39.4 Å². The van der Waals surface area contributed by atoms with Crippen molar-refractivity contribution in [2.75, 3.05) is 11.4 Å². The third-order valence-corrected chi connectivity index (χ3v) is 7.75. The molecule has 1 aliphatic heterocycles. The van der Waals surface area contributed by atoms with Crippen molar-refractivity contribution in [2.45, 2.75) is 6.92 Å². The standard InChI is InChI=1S/C38H30N2/c1-5-8-13-34-27(4)40(38-17-12-10-15-36(34)38)32-24-20-30(21-25-32)29-18-22-31(23-19-29)39-26-28(6-2)33(7-3)35-14-9-11-16-37(35)39/h1,6-25H,2-3,26H2,4H3. The molecule has 0 bridgehead atoms. The van der Waals surface area contributed by atoms with Crippen LogP contribution < -0.4 is 4.90 Å². The summed E-state index contributed by atoms with van der Waals surface area (Å²) in [6.07, 6.45) is 13.2. The van der Waals surface area contributed by atoms with Crippen molar-refractivity contribution >= 4 is 33.9 Å². The van der Waals surface area contributed by atoms with Crippen LogP contribution in [0.5, 0.6) is 0 Å². The average molecular weight is 515 g/mol. The fourth-order valence-electron chi connectivity index (χ4n) is 5.80. The lowest BCUT2D eigenvalue weighted by molar-refractivity contribution is 1.04. The molecule has 6 rings (SSSR count). The summed E-state index contributed by atoms with van der Waals surface area (Å²) in [6, 6.07) is 34.5. The molecule has 192 valence electrons. The second-order valence-electron chi connectivity index (χ2n) is 9.90. The molecule has 0 N–H and O–H groups in total. The number of para-hydroxylation sites is 2. The van der Waals surface area contributed by atoms with Gasteiger partial charge in [-0.2, -0.15) is 0 Å². The molecule has 2 nitrogen and oxygen atoms in total. The minimum absolute atomic E-state index is 0.763. The van der Waals surface area contributed by atoms with Gasteiger partial charge in [0.05, 0.1) is 5.52 Å². The topological polar surface area (TPSA) is 8.17 Å². The zero-order chi connectivity index (χ0) is 27.6. The Bertz CT molecular complexity index is 1850. The molecule has 1 aromatic heterocycles. The molecule has 0 saturated heterocycles. The zero-order valence-electron chi connectivity index (χ0n) is 22.6.